The minimum atomic E-state index is 0.794. The molecular formula is C26H35N3O. The molecule has 0 atom stereocenters. The average molecular weight is 406 g/mol. The van der Waals surface area contributed by atoms with Gasteiger partial charge in [0.05, 0.1) is 23.7 Å². The van der Waals surface area contributed by atoms with Crippen LogP contribution in [-0.2, 0) is 0 Å². The molecule has 0 bridgehead atoms. The van der Waals surface area contributed by atoms with Crippen molar-refractivity contribution < 1.29 is 4.74 Å². The molecule has 2 aromatic heterocycles. The molecule has 0 unspecified atom stereocenters. The molecule has 0 radical (unpaired) electrons. The van der Waals surface area contributed by atoms with Crippen molar-refractivity contribution >= 4 is 0 Å². The van der Waals surface area contributed by atoms with E-state index in [1.165, 1.54) is 57.8 Å². The van der Waals surface area contributed by atoms with Gasteiger partial charge in [0, 0.05) is 11.8 Å². The predicted molar refractivity (Wildman–Crippen MR) is 125 cm³/mol. The maximum atomic E-state index is 5.91. The number of nitrogens with one attached hydrogen (secondary N) is 1. The summed E-state index contributed by atoms with van der Waals surface area (Å²) < 4.78 is 5.91. The Balaban J connectivity index is 1.32. The van der Waals surface area contributed by atoms with Crippen molar-refractivity contribution in [2.75, 3.05) is 6.61 Å². The Bertz CT molecular complexity index is 827. The zero-order valence-corrected chi connectivity index (χ0v) is 18.3. The van der Waals surface area contributed by atoms with E-state index >= 15 is 0 Å². The summed E-state index contributed by atoms with van der Waals surface area (Å²) in [6.07, 6.45) is 15.2. The van der Waals surface area contributed by atoms with Crippen molar-refractivity contribution in [3.05, 3.63) is 54.7 Å². The fraction of sp³-hybridized carbons (Fsp3) is 0.462. The van der Waals surface area contributed by atoms with Crippen LogP contribution in [0.3, 0.4) is 0 Å². The molecule has 0 aliphatic carbocycles. The smallest absolute Gasteiger partial charge is 0.119 e. The zero-order chi connectivity index (χ0) is 20.9. The lowest BCUT2D eigenvalue weighted by Gasteiger charge is -2.07. The number of H-pyrrole nitrogens is 1. The molecule has 0 spiro atoms. The van der Waals surface area contributed by atoms with E-state index in [4.69, 9.17) is 4.74 Å². The number of aromatic nitrogens is 3. The first-order chi connectivity index (χ1) is 14.9. The highest BCUT2D eigenvalue weighted by atomic mass is 16.5. The van der Waals surface area contributed by atoms with Crippen LogP contribution in [0.2, 0.25) is 0 Å². The molecule has 0 fully saturated rings. The van der Waals surface area contributed by atoms with Gasteiger partial charge in [0.1, 0.15) is 5.75 Å². The molecule has 3 rings (SSSR count). The molecule has 0 saturated heterocycles. The van der Waals surface area contributed by atoms with E-state index in [2.05, 4.69) is 34.2 Å². The van der Waals surface area contributed by atoms with Gasteiger partial charge in [-0.15, -0.1) is 0 Å². The summed E-state index contributed by atoms with van der Waals surface area (Å²) in [5.74, 6) is 0.926. The Morgan fingerprint density at radius 3 is 2.13 bits per heavy atom. The number of nitrogens with zero attached hydrogens (tertiary/aromatic N) is 2. The molecular weight excluding hydrogens is 370 g/mol. The number of rotatable bonds is 14. The van der Waals surface area contributed by atoms with Crippen molar-refractivity contribution in [3.8, 4) is 28.4 Å². The number of hydrogen-bond acceptors (Lipinski definition) is 3. The average Bonchev–Trinajstić information content (AvgIpc) is 3.29. The highest BCUT2D eigenvalue weighted by Crippen LogP contribution is 2.24. The number of aromatic amines is 1. The van der Waals surface area contributed by atoms with Gasteiger partial charge in [-0.05, 0) is 48.9 Å². The van der Waals surface area contributed by atoms with E-state index in [-0.39, 0.29) is 0 Å². The monoisotopic (exact) mass is 405 g/mol. The summed E-state index contributed by atoms with van der Waals surface area (Å²) in [6, 6.07) is 16.1. The van der Waals surface area contributed by atoms with Crippen LogP contribution in [0.4, 0.5) is 0 Å². The highest BCUT2D eigenvalue weighted by molar-refractivity contribution is 5.66. The van der Waals surface area contributed by atoms with Gasteiger partial charge in [-0.25, -0.2) is 0 Å². The van der Waals surface area contributed by atoms with E-state index in [1.807, 2.05) is 36.4 Å². The lowest BCUT2D eigenvalue weighted by Crippen LogP contribution is -1.97. The van der Waals surface area contributed by atoms with Gasteiger partial charge in [0.2, 0.25) is 0 Å². The summed E-state index contributed by atoms with van der Waals surface area (Å²) in [7, 11) is 0. The van der Waals surface area contributed by atoms with Crippen molar-refractivity contribution in [1.82, 2.24) is 15.2 Å². The first-order valence-corrected chi connectivity index (χ1v) is 11.6. The number of hydrogen-bond donors (Lipinski definition) is 1. The summed E-state index contributed by atoms with van der Waals surface area (Å²) in [4.78, 5) is 4.36. The summed E-state index contributed by atoms with van der Waals surface area (Å²) in [5.41, 5.74) is 3.80. The van der Waals surface area contributed by atoms with Crippen LogP contribution in [0.25, 0.3) is 22.6 Å². The van der Waals surface area contributed by atoms with Crippen LogP contribution in [0.1, 0.15) is 71.1 Å². The van der Waals surface area contributed by atoms with E-state index in [0.29, 0.717) is 0 Å². The van der Waals surface area contributed by atoms with Gasteiger partial charge in [-0.2, -0.15) is 5.10 Å². The molecule has 0 aliphatic rings. The van der Waals surface area contributed by atoms with E-state index < -0.39 is 0 Å². The summed E-state index contributed by atoms with van der Waals surface area (Å²) >= 11 is 0. The van der Waals surface area contributed by atoms with Crippen LogP contribution in [0.5, 0.6) is 5.75 Å². The van der Waals surface area contributed by atoms with Crippen molar-refractivity contribution in [2.45, 2.75) is 71.1 Å². The van der Waals surface area contributed by atoms with Crippen molar-refractivity contribution in [2.24, 2.45) is 0 Å². The van der Waals surface area contributed by atoms with E-state index in [1.54, 1.807) is 6.20 Å². The lowest BCUT2D eigenvalue weighted by atomic mass is 10.1. The fourth-order valence-electron chi connectivity index (χ4n) is 3.62. The first kappa shape index (κ1) is 22.1. The minimum absolute atomic E-state index is 0.794. The number of ether oxygens (including phenoxy) is 1. The van der Waals surface area contributed by atoms with Crippen LogP contribution in [0.15, 0.2) is 54.7 Å². The highest BCUT2D eigenvalue weighted by Gasteiger charge is 2.06. The number of benzene rings is 1. The molecule has 0 amide bonds. The Morgan fingerprint density at radius 2 is 1.47 bits per heavy atom. The Hall–Kier alpha value is -2.62. The molecule has 160 valence electrons. The number of unbranched alkanes of at least 4 members (excludes halogenated alkanes) is 9. The third-order valence-corrected chi connectivity index (χ3v) is 5.44. The van der Waals surface area contributed by atoms with Gasteiger partial charge in [-0.1, -0.05) is 70.8 Å². The Morgan fingerprint density at radius 1 is 0.767 bits per heavy atom. The van der Waals surface area contributed by atoms with Crippen LogP contribution >= 0.6 is 0 Å². The zero-order valence-electron chi connectivity index (χ0n) is 18.3. The normalized spacial score (nSPS) is 11.0. The minimum Gasteiger partial charge on any atom is -0.494 e. The van der Waals surface area contributed by atoms with Gasteiger partial charge < -0.3 is 4.74 Å². The molecule has 4 heteroatoms. The molecule has 3 aromatic rings. The Kier molecular flexibility index (Phi) is 9.45. The predicted octanol–water partition coefficient (Wildman–Crippen LogP) is 7.44. The third-order valence-electron chi connectivity index (χ3n) is 5.44. The second kappa shape index (κ2) is 12.8. The maximum Gasteiger partial charge on any atom is 0.119 e. The van der Waals surface area contributed by atoms with Crippen LogP contribution in [-0.4, -0.2) is 21.8 Å². The van der Waals surface area contributed by atoms with Crippen molar-refractivity contribution in [3.63, 3.8) is 0 Å². The van der Waals surface area contributed by atoms with Crippen molar-refractivity contribution in [1.29, 1.82) is 0 Å². The quantitative estimate of drug-likeness (QED) is 0.284. The van der Waals surface area contributed by atoms with E-state index in [0.717, 1.165) is 41.4 Å². The third kappa shape index (κ3) is 7.33. The molecule has 1 aromatic carbocycles. The molecule has 30 heavy (non-hydrogen) atoms. The van der Waals surface area contributed by atoms with Gasteiger partial charge in [0.15, 0.2) is 0 Å². The lowest BCUT2D eigenvalue weighted by molar-refractivity contribution is 0.304. The maximum absolute atomic E-state index is 5.91. The number of pyridine rings is 1. The standard InChI is InChI=1S/C26H35N3O/c1-2-3-4-5-6-7-8-9-10-13-20-30-23-17-15-22(16-18-23)25-21-26(29-28-25)24-14-11-12-19-27-24/h11-12,14-19,21H,2-10,13,20H2,1H3,(H,28,29). The van der Waals surface area contributed by atoms with Gasteiger partial charge in [0.25, 0.3) is 0 Å². The second-order valence-electron chi connectivity index (χ2n) is 7.94. The van der Waals surface area contributed by atoms with Gasteiger partial charge >= 0.3 is 0 Å². The van der Waals surface area contributed by atoms with Crippen LogP contribution in [0, 0.1) is 0 Å². The van der Waals surface area contributed by atoms with Crippen LogP contribution < -0.4 is 4.74 Å². The molecule has 4 nitrogen and oxygen atoms in total. The summed E-state index contributed by atoms with van der Waals surface area (Å²) in [5, 5.41) is 7.48. The first-order valence-electron chi connectivity index (χ1n) is 11.6. The second-order valence-corrected chi connectivity index (χ2v) is 7.94. The fourth-order valence-corrected chi connectivity index (χ4v) is 3.62. The molecule has 0 aliphatic heterocycles. The largest absolute Gasteiger partial charge is 0.494 e. The Labute approximate surface area is 181 Å². The SMILES string of the molecule is CCCCCCCCCCCCOc1ccc(-c2cc(-c3ccccn3)[nH]n2)cc1. The summed E-state index contributed by atoms with van der Waals surface area (Å²) in [6.45, 7) is 3.07. The van der Waals surface area contributed by atoms with E-state index in [9.17, 15) is 0 Å². The molecule has 2 heterocycles. The van der Waals surface area contributed by atoms with Gasteiger partial charge in [-0.3, -0.25) is 10.1 Å². The topological polar surface area (TPSA) is 50.8 Å². The molecule has 0 saturated carbocycles. The molecule has 1 N–H and O–H groups in total.